The summed E-state index contributed by atoms with van der Waals surface area (Å²) in [6.45, 7) is 11.3. The molecule has 1 aromatic heterocycles. The third-order valence-electron chi connectivity index (χ3n) is 3.79. The minimum absolute atomic E-state index is 0.492. The van der Waals surface area contributed by atoms with Crippen molar-refractivity contribution in [3.63, 3.8) is 0 Å². The van der Waals surface area contributed by atoms with Gasteiger partial charge in [-0.1, -0.05) is 26.7 Å². The van der Waals surface area contributed by atoms with E-state index in [-0.39, 0.29) is 0 Å². The molecule has 1 N–H and O–H groups in total. The average molecular weight is 267 g/mol. The Morgan fingerprint density at radius 1 is 1.32 bits per heavy atom. The summed E-state index contributed by atoms with van der Waals surface area (Å²) < 4.78 is 7.60. The van der Waals surface area contributed by atoms with Gasteiger partial charge in [-0.25, -0.2) is 4.98 Å². The van der Waals surface area contributed by atoms with Gasteiger partial charge in [-0.2, -0.15) is 0 Å². The lowest BCUT2D eigenvalue weighted by molar-refractivity contribution is 0.147. The lowest BCUT2D eigenvalue weighted by Gasteiger charge is -2.24. The van der Waals surface area contributed by atoms with Crippen molar-refractivity contribution in [1.29, 1.82) is 0 Å². The molecule has 0 aliphatic rings. The van der Waals surface area contributed by atoms with Crippen LogP contribution >= 0.6 is 0 Å². The molecule has 1 aromatic rings. The van der Waals surface area contributed by atoms with Gasteiger partial charge in [0.25, 0.3) is 0 Å². The molecule has 0 saturated heterocycles. The highest BCUT2D eigenvalue weighted by Gasteiger charge is 2.17. The fourth-order valence-electron chi connectivity index (χ4n) is 2.50. The zero-order valence-corrected chi connectivity index (χ0v) is 12.9. The van der Waals surface area contributed by atoms with Crippen LogP contribution in [-0.4, -0.2) is 29.3 Å². The van der Waals surface area contributed by atoms with Gasteiger partial charge in [0.05, 0.1) is 0 Å². The van der Waals surface area contributed by atoms with Gasteiger partial charge >= 0.3 is 0 Å². The third kappa shape index (κ3) is 4.86. The van der Waals surface area contributed by atoms with E-state index in [9.17, 15) is 0 Å². The summed E-state index contributed by atoms with van der Waals surface area (Å²) in [5, 5.41) is 3.41. The number of rotatable bonds is 10. The van der Waals surface area contributed by atoms with Crippen molar-refractivity contribution in [3.8, 4) is 0 Å². The number of hydrogen-bond donors (Lipinski definition) is 1. The third-order valence-corrected chi connectivity index (χ3v) is 3.79. The smallest absolute Gasteiger partial charge is 0.203 e. The predicted octanol–water partition coefficient (Wildman–Crippen LogP) is 3.72. The largest absolute Gasteiger partial charge is 0.382 e. The second-order valence-corrected chi connectivity index (χ2v) is 4.95. The van der Waals surface area contributed by atoms with E-state index < -0.39 is 0 Å². The van der Waals surface area contributed by atoms with Gasteiger partial charge in [0.2, 0.25) is 5.95 Å². The van der Waals surface area contributed by atoms with Crippen molar-refractivity contribution in [3.05, 3.63) is 12.4 Å². The lowest BCUT2D eigenvalue weighted by atomic mass is 9.95. The number of nitrogens with one attached hydrogen (secondary N) is 1. The van der Waals surface area contributed by atoms with Crippen LogP contribution in [0, 0.1) is 5.92 Å². The molecular formula is C15H29N3O. The van der Waals surface area contributed by atoms with Crippen LogP contribution in [0.1, 0.15) is 53.0 Å². The zero-order valence-electron chi connectivity index (χ0n) is 12.9. The Morgan fingerprint density at radius 2 is 2.05 bits per heavy atom. The Balaban J connectivity index is 2.49. The van der Waals surface area contributed by atoms with Gasteiger partial charge in [0.1, 0.15) is 0 Å². The maximum absolute atomic E-state index is 5.34. The quantitative estimate of drug-likeness (QED) is 0.657. The standard InChI is InChI=1S/C15H29N3O/c1-5-14(6-2)13(4)18-11-10-17-15(18)16-9-8-12-19-7-3/h10-11,13-14H,5-9,12H2,1-4H3,(H,16,17). The van der Waals surface area contributed by atoms with Crippen molar-refractivity contribution in [2.24, 2.45) is 5.92 Å². The van der Waals surface area contributed by atoms with Crippen LogP contribution in [0.25, 0.3) is 0 Å². The van der Waals surface area contributed by atoms with Gasteiger partial charge in [0, 0.05) is 38.2 Å². The summed E-state index contributed by atoms with van der Waals surface area (Å²) in [6, 6.07) is 0.492. The number of anilines is 1. The number of imidazole rings is 1. The summed E-state index contributed by atoms with van der Waals surface area (Å²) in [4.78, 5) is 4.42. The summed E-state index contributed by atoms with van der Waals surface area (Å²) in [5.41, 5.74) is 0. The number of ether oxygens (including phenoxy) is 1. The zero-order chi connectivity index (χ0) is 14.1. The highest BCUT2D eigenvalue weighted by Crippen LogP contribution is 2.26. The van der Waals surface area contributed by atoms with Crippen LogP contribution in [-0.2, 0) is 4.74 Å². The van der Waals surface area contributed by atoms with E-state index in [1.54, 1.807) is 0 Å². The first kappa shape index (κ1) is 16.0. The van der Waals surface area contributed by atoms with E-state index in [0.29, 0.717) is 12.0 Å². The first-order valence-electron chi connectivity index (χ1n) is 7.58. The molecule has 1 unspecified atom stereocenters. The molecule has 1 rings (SSSR count). The maximum Gasteiger partial charge on any atom is 0.203 e. The lowest BCUT2D eigenvalue weighted by Crippen LogP contribution is -2.18. The average Bonchev–Trinajstić information content (AvgIpc) is 2.88. The highest BCUT2D eigenvalue weighted by atomic mass is 16.5. The normalized spacial score (nSPS) is 12.9. The maximum atomic E-state index is 5.34. The van der Waals surface area contributed by atoms with E-state index in [1.807, 2.05) is 13.1 Å². The Hall–Kier alpha value is -1.03. The molecule has 0 spiro atoms. The van der Waals surface area contributed by atoms with Crippen LogP contribution in [0.2, 0.25) is 0 Å². The molecule has 0 aliphatic carbocycles. The molecule has 1 heterocycles. The van der Waals surface area contributed by atoms with Crippen molar-refractivity contribution in [2.75, 3.05) is 25.1 Å². The molecule has 0 aromatic carbocycles. The molecular weight excluding hydrogens is 238 g/mol. The molecule has 0 radical (unpaired) electrons. The van der Waals surface area contributed by atoms with Crippen LogP contribution in [0.15, 0.2) is 12.4 Å². The number of nitrogens with zero attached hydrogens (tertiary/aromatic N) is 2. The minimum atomic E-state index is 0.492. The molecule has 0 saturated carbocycles. The van der Waals surface area contributed by atoms with E-state index in [1.165, 1.54) is 12.8 Å². The number of hydrogen-bond acceptors (Lipinski definition) is 3. The fourth-order valence-corrected chi connectivity index (χ4v) is 2.50. The second-order valence-electron chi connectivity index (χ2n) is 4.95. The van der Waals surface area contributed by atoms with Crippen LogP contribution < -0.4 is 5.32 Å². The van der Waals surface area contributed by atoms with Crippen molar-refractivity contribution in [2.45, 2.75) is 53.0 Å². The molecule has 0 aliphatic heterocycles. The molecule has 4 heteroatoms. The minimum Gasteiger partial charge on any atom is -0.382 e. The molecule has 4 nitrogen and oxygen atoms in total. The van der Waals surface area contributed by atoms with Crippen molar-refractivity contribution >= 4 is 5.95 Å². The summed E-state index contributed by atoms with van der Waals surface area (Å²) >= 11 is 0. The Bertz CT molecular complexity index is 334. The van der Waals surface area contributed by atoms with Gasteiger partial charge in [-0.15, -0.1) is 0 Å². The molecule has 110 valence electrons. The first-order chi connectivity index (χ1) is 9.24. The summed E-state index contributed by atoms with van der Waals surface area (Å²) in [5.74, 6) is 1.69. The first-order valence-corrected chi connectivity index (χ1v) is 7.58. The molecule has 0 amide bonds. The second kappa shape index (κ2) is 8.97. The van der Waals surface area contributed by atoms with Crippen LogP contribution in [0.3, 0.4) is 0 Å². The van der Waals surface area contributed by atoms with Crippen LogP contribution in [0.5, 0.6) is 0 Å². The van der Waals surface area contributed by atoms with Crippen molar-refractivity contribution < 1.29 is 4.74 Å². The van der Waals surface area contributed by atoms with E-state index in [0.717, 1.165) is 32.1 Å². The van der Waals surface area contributed by atoms with Crippen molar-refractivity contribution in [1.82, 2.24) is 9.55 Å². The van der Waals surface area contributed by atoms with E-state index >= 15 is 0 Å². The number of aromatic nitrogens is 2. The SMILES string of the molecule is CCOCCCNc1nccn1C(C)C(CC)CC. The summed E-state index contributed by atoms with van der Waals surface area (Å²) in [7, 11) is 0. The topological polar surface area (TPSA) is 39.1 Å². The molecule has 0 fully saturated rings. The predicted molar refractivity (Wildman–Crippen MR) is 80.6 cm³/mol. The highest BCUT2D eigenvalue weighted by molar-refractivity contribution is 5.26. The summed E-state index contributed by atoms with van der Waals surface area (Å²) in [6.07, 6.45) is 7.39. The Kier molecular flexibility index (Phi) is 7.56. The Labute approximate surface area is 117 Å². The van der Waals surface area contributed by atoms with Gasteiger partial charge in [-0.3, -0.25) is 0 Å². The van der Waals surface area contributed by atoms with Gasteiger partial charge < -0.3 is 14.6 Å². The molecule has 0 bridgehead atoms. The van der Waals surface area contributed by atoms with Gasteiger partial charge in [-0.05, 0) is 26.2 Å². The molecule has 19 heavy (non-hydrogen) atoms. The Morgan fingerprint density at radius 3 is 2.68 bits per heavy atom. The van der Waals surface area contributed by atoms with E-state index in [2.05, 4.69) is 41.8 Å². The van der Waals surface area contributed by atoms with E-state index in [4.69, 9.17) is 4.74 Å². The fraction of sp³-hybridized carbons (Fsp3) is 0.800. The van der Waals surface area contributed by atoms with Crippen LogP contribution in [0.4, 0.5) is 5.95 Å². The molecule has 1 atom stereocenters. The monoisotopic (exact) mass is 267 g/mol. The van der Waals surface area contributed by atoms with Gasteiger partial charge in [0.15, 0.2) is 0 Å².